The number of hydrogen-bond donors (Lipinski definition) is 4. The van der Waals surface area contributed by atoms with Gasteiger partial charge in [-0.3, -0.25) is 9.11 Å². The zero-order valence-corrected chi connectivity index (χ0v) is 18.0. The molecule has 8 N–H and O–H groups in total. The summed E-state index contributed by atoms with van der Waals surface area (Å²) < 4.78 is 31.6. The van der Waals surface area contributed by atoms with E-state index >= 15 is 0 Å². The van der Waals surface area contributed by atoms with Crippen molar-refractivity contribution in [1.29, 1.82) is 0 Å². The molecule has 0 aliphatic rings. The van der Waals surface area contributed by atoms with E-state index in [1.54, 1.807) is 14.1 Å². The van der Waals surface area contributed by atoms with E-state index in [-0.39, 0.29) is 57.7 Å². The molecule has 18 heteroatoms. The monoisotopic (exact) mass is 458 g/mol. The predicted molar refractivity (Wildman–Crippen MR) is 70.7 cm³/mol. The zero-order chi connectivity index (χ0) is 18.7. The Labute approximate surface area is 183 Å². The molecule has 0 saturated carbocycles. The maximum atomic E-state index is 10.1. The molecule has 0 rings (SSSR count). The van der Waals surface area contributed by atoms with Crippen molar-refractivity contribution in [2.75, 3.05) is 14.1 Å². The number of aliphatic hydroxyl groups is 1. The van der Waals surface area contributed by atoms with Crippen LogP contribution in [0, 0.1) is 0 Å². The first-order valence-corrected chi connectivity index (χ1v) is 6.36. The van der Waals surface area contributed by atoms with Crippen LogP contribution >= 0.6 is 0 Å². The van der Waals surface area contributed by atoms with E-state index in [1.165, 1.54) is 4.81 Å². The van der Waals surface area contributed by atoms with Crippen LogP contribution in [0.15, 0.2) is 0 Å². The van der Waals surface area contributed by atoms with Crippen LogP contribution in [0.1, 0.15) is 12.8 Å². The second-order valence-corrected chi connectivity index (χ2v) is 4.72. The van der Waals surface area contributed by atoms with E-state index in [9.17, 15) is 29.7 Å². The fourth-order valence-electron chi connectivity index (χ4n) is 0.684. The average molecular weight is 459 g/mol. The summed E-state index contributed by atoms with van der Waals surface area (Å²) in [5, 5.41) is 38.9. The van der Waals surface area contributed by atoms with Crippen LogP contribution in [0.5, 0.6) is 0 Å². The molecule has 0 fully saturated rings. The van der Waals surface area contributed by atoms with Crippen LogP contribution in [0.25, 0.3) is 0 Å². The summed E-state index contributed by atoms with van der Waals surface area (Å²) in [6.07, 6.45) is -2.72. The Morgan fingerprint density at radius 1 is 1.04 bits per heavy atom. The van der Waals surface area contributed by atoms with Crippen molar-refractivity contribution in [3.05, 3.63) is 0 Å². The summed E-state index contributed by atoms with van der Waals surface area (Å²) in [6, 6.07) is 0. The molecule has 14 nitrogen and oxygen atoms in total. The first-order valence-electron chi connectivity index (χ1n) is 4.96. The number of carboxylic acids is 3. The Hall–Kier alpha value is -0.322. The molecule has 0 aromatic heterocycles. The number of nitrogens with zero attached hydrogens (tertiary/aromatic N) is 1. The Balaban J connectivity index is -0.0000000475. The van der Waals surface area contributed by atoms with Gasteiger partial charge in [-0.15, -0.1) is 0 Å². The van der Waals surface area contributed by atoms with Gasteiger partial charge in [0.2, 0.25) is 0 Å². The summed E-state index contributed by atoms with van der Waals surface area (Å²) in [5.41, 5.74) is -2.97. The van der Waals surface area contributed by atoms with Crippen molar-refractivity contribution in [2.24, 2.45) is 0 Å². The molecule has 2 radical (unpaired) electrons. The fourth-order valence-corrected chi connectivity index (χ4v) is 0.684. The van der Waals surface area contributed by atoms with Crippen LogP contribution in [-0.2, 0) is 41.3 Å². The molecular formula is C8H18BN2NaNiO12S. The molecule has 0 atom stereocenters. The van der Waals surface area contributed by atoms with Crippen molar-refractivity contribution in [3.8, 4) is 0 Å². The van der Waals surface area contributed by atoms with Crippen molar-refractivity contribution in [1.82, 2.24) is 11.0 Å². The molecule has 0 aliphatic carbocycles. The largest absolute Gasteiger partial charge is 2.00 e. The van der Waals surface area contributed by atoms with Crippen LogP contribution in [0.3, 0.4) is 0 Å². The van der Waals surface area contributed by atoms with Crippen molar-refractivity contribution in [2.45, 2.75) is 18.4 Å². The molecule has 0 amide bonds. The quantitative estimate of drug-likeness (QED) is 0.220. The average Bonchev–Trinajstić information content (AvgIpc) is 2.09. The SMILES string of the molecule is O=C([O-])CC(O)(CC(=O)[O-])C(=O)[O-].O=S(=O)(O)O.[B]N(C)C.[NH4+].[Na+].[Ni+2].[OH-]. The Kier molecular flexibility index (Phi) is 36.2. The van der Waals surface area contributed by atoms with Gasteiger partial charge in [0.1, 0.15) is 5.60 Å². The minimum Gasteiger partial charge on any atom is -0.870 e. The molecular weight excluding hydrogens is 441 g/mol. The van der Waals surface area contributed by atoms with E-state index in [0.717, 1.165) is 0 Å². The van der Waals surface area contributed by atoms with E-state index in [2.05, 4.69) is 0 Å². The van der Waals surface area contributed by atoms with Crippen LogP contribution < -0.4 is 51.0 Å². The topological polar surface area (TPSA) is 285 Å². The Bertz CT molecular complexity index is 465. The number of hydrogen-bond acceptors (Lipinski definition) is 11. The van der Waals surface area contributed by atoms with Gasteiger partial charge in [-0.25, -0.2) is 0 Å². The number of carbonyl (C=O) groups is 3. The molecule has 0 spiro atoms. The van der Waals surface area contributed by atoms with Gasteiger partial charge in [-0.2, -0.15) is 8.42 Å². The van der Waals surface area contributed by atoms with Crippen molar-refractivity contribution < 1.29 is 104 Å². The normalized spacial score (nSPS) is 9.00. The number of carboxylic acid groups (broad SMARTS) is 3. The molecule has 0 heterocycles. The van der Waals surface area contributed by atoms with Gasteiger partial charge in [-0.05, 0) is 14.1 Å². The second kappa shape index (κ2) is 21.0. The standard InChI is InChI=1S/C6H8O7.C2H6BN.H3N.Na.Ni.H2O4S.H2O/c7-3(8)1-6(13,5(11)12)2-4(9)10;1-4(2)3;;;;1-5(2,3)4;/h13H,1-2H2,(H,7,8)(H,9,10)(H,11,12);1-2H3;1H3;;;(H2,1,2,3,4);1H2/q;;;+1;+2;;/p-3. The number of rotatable bonds is 5. The Morgan fingerprint density at radius 3 is 1.27 bits per heavy atom. The summed E-state index contributed by atoms with van der Waals surface area (Å²) in [5.74, 6) is -5.98. The first kappa shape index (κ1) is 44.8. The van der Waals surface area contributed by atoms with Crippen LogP contribution in [0.2, 0.25) is 0 Å². The van der Waals surface area contributed by atoms with Gasteiger partial charge in [0.05, 0.1) is 5.97 Å². The van der Waals surface area contributed by atoms with Crippen LogP contribution in [-0.4, -0.2) is 78.5 Å². The van der Waals surface area contributed by atoms with E-state index < -0.39 is 46.7 Å². The zero-order valence-electron chi connectivity index (χ0n) is 14.2. The van der Waals surface area contributed by atoms with Gasteiger partial charge in [-0.1, -0.05) is 0 Å². The third-order valence-corrected chi connectivity index (χ3v) is 1.25. The number of aliphatic carboxylic acids is 3. The summed E-state index contributed by atoms with van der Waals surface area (Å²) in [7, 11) is 3.83. The summed E-state index contributed by atoms with van der Waals surface area (Å²) in [6.45, 7) is 0. The Morgan fingerprint density at radius 2 is 1.19 bits per heavy atom. The molecule has 0 unspecified atom stereocenters. The fraction of sp³-hybridized carbons (Fsp3) is 0.625. The minimum absolute atomic E-state index is 0. The molecule has 152 valence electrons. The van der Waals surface area contributed by atoms with Gasteiger partial charge in [0.25, 0.3) is 0 Å². The maximum absolute atomic E-state index is 10.1. The molecule has 26 heavy (non-hydrogen) atoms. The van der Waals surface area contributed by atoms with E-state index in [4.69, 9.17) is 30.6 Å². The van der Waals surface area contributed by atoms with Gasteiger partial charge >= 0.3 is 56.4 Å². The van der Waals surface area contributed by atoms with Crippen molar-refractivity contribution in [3.63, 3.8) is 0 Å². The predicted octanol–water partition coefficient (Wildman–Crippen LogP) is -9.07. The van der Waals surface area contributed by atoms with Crippen molar-refractivity contribution >= 4 is 36.3 Å². The van der Waals surface area contributed by atoms with Crippen LogP contribution in [0.4, 0.5) is 0 Å². The van der Waals surface area contributed by atoms with E-state index in [0.29, 0.717) is 0 Å². The molecule has 0 aromatic carbocycles. The summed E-state index contributed by atoms with van der Waals surface area (Å²) in [4.78, 5) is 31.5. The molecule has 0 aromatic rings. The molecule has 0 saturated heterocycles. The molecule has 0 aliphatic heterocycles. The minimum atomic E-state index is -4.67. The summed E-state index contributed by atoms with van der Waals surface area (Å²) >= 11 is 0. The first-order chi connectivity index (χ1) is 9.51. The third-order valence-electron chi connectivity index (χ3n) is 1.25. The third kappa shape index (κ3) is 49.5. The van der Waals surface area contributed by atoms with Gasteiger partial charge in [0, 0.05) is 24.8 Å². The molecule has 0 bridgehead atoms. The number of quaternary nitrogens is 1. The second-order valence-electron chi connectivity index (χ2n) is 3.83. The maximum Gasteiger partial charge on any atom is 2.00 e. The number of carbonyl (C=O) groups excluding carboxylic acids is 3. The van der Waals surface area contributed by atoms with E-state index in [1.807, 2.05) is 0 Å². The van der Waals surface area contributed by atoms with Gasteiger partial charge < -0.3 is 51.2 Å². The smallest absolute Gasteiger partial charge is 0.870 e. The van der Waals surface area contributed by atoms with Gasteiger partial charge in [0.15, 0.2) is 7.98 Å².